The third-order valence-electron chi connectivity index (χ3n) is 8.26. The third kappa shape index (κ3) is 15.1. The van der Waals surface area contributed by atoms with Gasteiger partial charge in [-0.2, -0.15) is 0 Å². The Labute approximate surface area is 237 Å². The molecule has 0 radical (unpaired) electrons. The molecule has 1 aromatic carbocycles. The molecule has 38 heavy (non-hydrogen) atoms. The van der Waals surface area contributed by atoms with E-state index < -0.39 is 0 Å². The number of benzene rings is 1. The van der Waals surface area contributed by atoms with Gasteiger partial charge in [0.25, 0.3) is 5.82 Å². The summed E-state index contributed by atoms with van der Waals surface area (Å²) in [6, 6.07) is 11.0. The molecule has 0 N–H and O–H groups in total. The molecule has 2 aromatic rings. The molecule has 1 aromatic heterocycles. The number of rotatable bonds is 26. The van der Waals surface area contributed by atoms with E-state index >= 15 is 0 Å². The van der Waals surface area contributed by atoms with Crippen molar-refractivity contribution in [2.45, 2.75) is 175 Å². The summed E-state index contributed by atoms with van der Waals surface area (Å²) >= 11 is 0. The van der Waals surface area contributed by atoms with Gasteiger partial charge >= 0.3 is 0 Å². The van der Waals surface area contributed by atoms with Crippen molar-refractivity contribution >= 4 is 0 Å². The molecule has 0 fully saturated rings. The number of aryl methyl sites for hydroxylation is 2. The zero-order valence-electron chi connectivity index (χ0n) is 25.6. The van der Waals surface area contributed by atoms with Crippen LogP contribution < -0.4 is 4.57 Å². The van der Waals surface area contributed by atoms with Gasteiger partial charge in [0.05, 0.1) is 18.7 Å². The smallest absolute Gasteiger partial charge is 0.230 e. The standard InChI is InChI=1S/C36H63N2/c1-3-5-7-9-11-12-13-14-15-16-17-18-19-21-23-28-32-38-34-33-37(31-27-22-20-10-8-6-4-2)36(38)35-29-25-24-26-30-35/h24-26,29-30,33-34H,3-23,27-28,31-32H2,1-2H3/q+1. The molecule has 0 spiro atoms. The Morgan fingerprint density at radius 1 is 0.500 bits per heavy atom. The Morgan fingerprint density at radius 3 is 1.39 bits per heavy atom. The summed E-state index contributed by atoms with van der Waals surface area (Å²) in [6.07, 6.45) is 37.1. The van der Waals surface area contributed by atoms with Gasteiger partial charge in [0.1, 0.15) is 12.4 Å². The molecule has 0 atom stereocenters. The van der Waals surface area contributed by atoms with Crippen LogP contribution >= 0.6 is 0 Å². The molecule has 0 saturated carbocycles. The minimum absolute atomic E-state index is 1.14. The summed E-state index contributed by atoms with van der Waals surface area (Å²) in [5.74, 6) is 1.40. The van der Waals surface area contributed by atoms with Crippen LogP contribution in [0.15, 0.2) is 42.7 Å². The van der Waals surface area contributed by atoms with Crippen LogP contribution in [-0.4, -0.2) is 4.57 Å². The van der Waals surface area contributed by atoms with E-state index in [2.05, 4.69) is 65.7 Å². The second-order valence-corrected chi connectivity index (χ2v) is 11.8. The first-order chi connectivity index (χ1) is 18.9. The molecule has 0 aliphatic heterocycles. The highest BCUT2D eigenvalue weighted by Gasteiger charge is 2.18. The summed E-state index contributed by atoms with van der Waals surface area (Å²) in [4.78, 5) is 0. The van der Waals surface area contributed by atoms with Crippen molar-refractivity contribution in [2.24, 2.45) is 0 Å². The van der Waals surface area contributed by atoms with Gasteiger partial charge in [0, 0.05) is 0 Å². The molecule has 2 heteroatoms. The largest absolute Gasteiger partial charge is 0.288 e. The molecular weight excluding hydrogens is 460 g/mol. The van der Waals surface area contributed by atoms with Crippen LogP contribution in [0.1, 0.15) is 162 Å². The molecule has 0 aliphatic rings. The second-order valence-electron chi connectivity index (χ2n) is 11.8. The lowest BCUT2D eigenvalue weighted by atomic mass is 10.0. The number of hydrogen-bond acceptors (Lipinski definition) is 0. The number of aromatic nitrogens is 2. The second kappa shape index (κ2) is 23.3. The van der Waals surface area contributed by atoms with Crippen molar-refractivity contribution < 1.29 is 4.57 Å². The number of unbranched alkanes of at least 4 members (excludes halogenated alkanes) is 21. The SMILES string of the molecule is CCCCCCCCCCCCCCCCCC[n+]1ccn(CCCCCCCCC)c1-c1ccccc1. The van der Waals surface area contributed by atoms with Crippen LogP contribution in [0.3, 0.4) is 0 Å². The predicted octanol–water partition coefficient (Wildman–Crippen LogP) is 11.5. The maximum Gasteiger partial charge on any atom is 0.288 e. The fourth-order valence-electron chi connectivity index (χ4n) is 5.82. The summed E-state index contributed by atoms with van der Waals surface area (Å²) in [7, 11) is 0. The quantitative estimate of drug-likeness (QED) is 0.0856. The molecular formula is C36H63N2+. The minimum atomic E-state index is 1.14. The van der Waals surface area contributed by atoms with Gasteiger partial charge in [-0.3, -0.25) is 0 Å². The van der Waals surface area contributed by atoms with E-state index in [4.69, 9.17) is 0 Å². The molecule has 0 saturated heterocycles. The maximum atomic E-state index is 2.51. The Morgan fingerprint density at radius 2 is 0.921 bits per heavy atom. The van der Waals surface area contributed by atoms with Crippen molar-refractivity contribution in [1.29, 1.82) is 0 Å². The molecule has 0 unspecified atom stereocenters. The Bertz CT molecular complexity index is 763. The fraction of sp³-hybridized carbons (Fsp3) is 0.750. The van der Waals surface area contributed by atoms with Gasteiger partial charge in [-0.1, -0.05) is 154 Å². The number of hydrogen-bond donors (Lipinski definition) is 0. The average Bonchev–Trinajstić information content (AvgIpc) is 3.35. The van der Waals surface area contributed by atoms with Crippen molar-refractivity contribution in [3.8, 4) is 11.4 Å². The van der Waals surface area contributed by atoms with E-state index in [1.807, 2.05) is 0 Å². The normalized spacial score (nSPS) is 11.4. The highest BCUT2D eigenvalue weighted by Crippen LogP contribution is 2.18. The van der Waals surface area contributed by atoms with Crippen molar-refractivity contribution in [3.05, 3.63) is 42.7 Å². The van der Waals surface area contributed by atoms with Gasteiger partial charge in [-0.15, -0.1) is 0 Å². The zero-order valence-corrected chi connectivity index (χ0v) is 25.6. The van der Waals surface area contributed by atoms with Crippen molar-refractivity contribution in [1.82, 2.24) is 4.57 Å². The van der Waals surface area contributed by atoms with Crippen molar-refractivity contribution in [2.75, 3.05) is 0 Å². The molecule has 216 valence electrons. The van der Waals surface area contributed by atoms with Crippen LogP contribution in [0.4, 0.5) is 0 Å². The summed E-state index contributed by atoms with van der Waals surface area (Å²) in [5, 5.41) is 0. The van der Waals surface area contributed by atoms with Gasteiger partial charge in [-0.25, -0.2) is 9.13 Å². The lowest BCUT2D eigenvalue weighted by molar-refractivity contribution is -0.686. The van der Waals surface area contributed by atoms with Crippen LogP contribution in [0.25, 0.3) is 11.4 Å². The van der Waals surface area contributed by atoms with E-state index in [9.17, 15) is 0 Å². The highest BCUT2D eigenvalue weighted by molar-refractivity contribution is 5.52. The third-order valence-corrected chi connectivity index (χ3v) is 8.26. The van der Waals surface area contributed by atoms with Crippen LogP contribution in [0, 0.1) is 0 Å². The van der Waals surface area contributed by atoms with Gasteiger partial charge < -0.3 is 0 Å². The maximum absolute atomic E-state index is 2.51. The van der Waals surface area contributed by atoms with E-state index in [0.717, 1.165) is 13.1 Å². The first-order valence-electron chi connectivity index (χ1n) is 17.0. The molecule has 2 nitrogen and oxygen atoms in total. The van der Waals surface area contributed by atoms with Crippen LogP contribution in [0.5, 0.6) is 0 Å². The lowest BCUT2D eigenvalue weighted by Gasteiger charge is -2.07. The highest BCUT2D eigenvalue weighted by atomic mass is 15.1. The van der Waals surface area contributed by atoms with E-state index in [-0.39, 0.29) is 0 Å². The summed E-state index contributed by atoms with van der Waals surface area (Å²) in [6.45, 7) is 6.89. The van der Waals surface area contributed by atoms with Crippen LogP contribution in [0.2, 0.25) is 0 Å². The fourth-order valence-corrected chi connectivity index (χ4v) is 5.82. The lowest BCUT2D eigenvalue weighted by Crippen LogP contribution is -2.34. The van der Waals surface area contributed by atoms with Gasteiger partial charge in [0.2, 0.25) is 0 Å². The molecule has 2 rings (SSSR count). The van der Waals surface area contributed by atoms with E-state index in [1.165, 1.54) is 159 Å². The van der Waals surface area contributed by atoms with E-state index in [1.54, 1.807) is 0 Å². The van der Waals surface area contributed by atoms with Crippen molar-refractivity contribution in [3.63, 3.8) is 0 Å². The first-order valence-corrected chi connectivity index (χ1v) is 17.0. The summed E-state index contributed by atoms with van der Waals surface area (Å²) < 4.78 is 5.02. The first kappa shape index (κ1) is 32.6. The molecule has 0 bridgehead atoms. The molecule has 0 amide bonds. The van der Waals surface area contributed by atoms with Gasteiger partial charge in [0.15, 0.2) is 0 Å². The monoisotopic (exact) mass is 523 g/mol. The van der Waals surface area contributed by atoms with Crippen LogP contribution in [-0.2, 0) is 13.1 Å². The zero-order chi connectivity index (χ0) is 26.9. The van der Waals surface area contributed by atoms with E-state index in [0.29, 0.717) is 0 Å². The predicted molar refractivity (Wildman–Crippen MR) is 168 cm³/mol. The number of imidazole rings is 1. The average molecular weight is 524 g/mol. The minimum Gasteiger partial charge on any atom is -0.230 e. The Hall–Kier alpha value is -1.57. The topological polar surface area (TPSA) is 8.81 Å². The Balaban J connectivity index is 1.57. The summed E-state index contributed by atoms with van der Waals surface area (Å²) in [5.41, 5.74) is 1.36. The Kier molecular flexibility index (Phi) is 20.0. The molecule has 1 heterocycles. The number of nitrogens with zero attached hydrogens (tertiary/aromatic N) is 2. The van der Waals surface area contributed by atoms with Gasteiger partial charge in [-0.05, 0) is 37.8 Å². The molecule has 0 aliphatic carbocycles.